The summed E-state index contributed by atoms with van der Waals surface area (Å²) in [6, 6.07) is 10.7. The predicted octanol–water partition coefficient (Wildman–Crippen LogP) is 3.96. The lowest BCUT2D eigenvalue weighted by atomic mass is 10.1. The highest BCUT2D eigenvalue weighted by atomic mass is 35.5. The maximum absolute atomic E-state index is 13.0. The third-order valence-corrected chi connectivity index (χ3v) is 5.25. The van der Waals surface area contributed by atoms with E-state index in [1.807, 2.05) is 13.8 Å². The van der Waals surface area contributed by atoms with Crippen molar-refractivity contribution in [1.29, 1.82) is 0 Å². The number of hydrogen-bond donors (Lipinski definition) is 0. The average molecular weight is 414 g/mol. The van der Waals surface area contributed by atoms with Crippen molar-refractivity contribution in [2.45, 2.75) is 43.6 Å². The van der Waals surface area contributed by atoms with Crippen LogP contribution in [0.25, 0.3) is 0 Å². The summed E-state index contributed by atoms with van der Waals surface area (Å²) in [5, 5.41) is -0.661. The van der Waals surface area contributed by atoms with Crippen molar-refractivity contribution < 1.29 is 21.8 Å². The zero-order valence-corrected chi connectivity index (χ0v) is 16.8. The molecular formula is C19H21ClFNO4S. The monoisotopic (exact) mass is 413 g/mol. The molecule has 0 fully saturated rings. The average Bonchev–Trinajstić information content (AvgIpc) is 2.59. The number of alkyl halides is 1. The van der Waals surface area contributed by atoms with E-state index in [-0.39, 0.29) is 29.1 Å². The first-order chi connectivity index (χ1) is 12.6. The summed E-state index contributed by atoms with van der Waals surface area (Å²) >= 11 is 5.91. The fourth-order valence-corrected chi connectivity index (χ4v) is 3.46. The molecule has 146 valence electrons. The molecule has 0 N–H and O–H groups in total. The van der Waals surface area contributed by atoms with Crippen molar-refractivity contribution in [2.75, 3.05) is 0 Å². The normalized spacial score (nSPS) is 12.7. The van der Waals surface area contributed by atoms with Crippen LogP contribution < -0.4 is 4.18 Å². The highest BCUT2D eigenvalue weighted by molar-refractivity contribution is 7.87. The maximum atomic E-state index is 13.0. The second-order valence-electron chi connectivity index (χ2n) is 6.31. The molecule has 0 aromatic heterocycles. The van der Waals surface area contributed by atoms with Gasteiger partial charge in [0.2, 0.25) is 5.91 Å². The Kier molecular flexibility index (Phi) is 6.84. The molecule has 5 nitrogen and oxygen atoms in total. The van der Waals surface area contributed by atoms with Crippen LogP contribution in [-0.2, 0) is 21.5 Å². The van der Waals surface area contributed by atoms with Crippen molar-refractivity contribution in [3.8, 4) is 5.75 Å². The molecule has 8 heteroatoms. The molecule has 1 atom stereocenters. The van der Waals surface area contributed by atoms with Crippen molar-refractivity contribution in [3.05, 3.63) is 59.9 Å². The van der Waals surface area contributed by atoms with Crippen LogP contribution in [0.15, 0.2) is 53.4 Å². The minimum atomic E-state index is -4.09. The SMILES string of the molecule is CC(C)N(Cc1cccc(OS(=O)(=O)c2ccc(F)cc2)c1)C(=O)[C@@H](C)Cl. The summed E-state index contributed by atoms with van der Waals surface area (Å²) in [7, 11) is -4.09. The van der Waals surface area contributed by atoms with E-state index in [0.717, 1.165) is 24.3 Å². The minimum absolute atomic E-state index is 0.0776. The second kappa shape index (κ2) is 8.71. The molecule has 1 amide bonds. The number of carbonyl (C=O) groups is 1. The summed E-state index contributed by atoms with van der Waals surface area (Å²) < 4.78 is 42.8. The summed E-state index contributed by atoms with van der Waals surface area (Å²) in [4.78, 5) is 13.7. The number of carbonyl (C=O) groups excluding carboxylic acids is 1. The summed E-state index contributed by atoms with van der Waals surface area (Å²) in [5.41, 5.74) is 0.696. The molecule has 0 aliphatic carbocycles. The van der Waals surface area contributed by atoms with Crippen molar-refractivity contribution in [1.82, 2.24) is 4.90 Å². The van der Waals surface area contributed by atoms with E-state index in [1.54, 1.807) is 30.0 Å². The van der Waals surface area contributed by atoms with Crippen molar-refractivity contribution in [3.63, 3.8) is 0 Å². The molecule has 0 unspecified atom stereocenters. The third kappa shape index (κ3) is 5.68. The molecule has 2 rings (SSSR count). The number of halogens is 2. The lowest BCUT2D eigenvalue weighted by Crippen LogP contribution is -2.40. The van der Waals surface area contributed by atoms with E-state index >= 15 is 0 Å². The first-order valence-corrected chi connectivity index (χ1v) is 10.2. The fourth-order valence-electron chi connectivity index (χ4n) is 2.41. The van der Waals surface area contributed by atoms with E-state index in [4.69, 9.17) is 15.8 Å². The standard InChI is InChI=1S/C19H21ClFNO4S/c1-13(2)22(19(23)14(3)20)12-15-5-4-6-17(11-15)26-27(24,25)18-9-7-16(21)8-10-18/h4-11,13-14H,12H2,1-3H3/t14-/m1/s1. The van der Waals surface area contributed by atoms with Gasteiger partial charge in [0.25, 0.3) is 0 Å². The highest BCUT2D eigenvalue weighted by Crippen LogP contribution is 2.22. The van der Waals surface area contributed by atoms with E-state index in [9.17, 15) is 17.6 Å². The molecule has 0 radical (unpaired) electrons. The molecule has 0 saturated carbocycles. The zero-order chi connectivity index (χ0) is 20.2. The number of amides is 1. The molecule has 27 heavy (non-hydrogen) atoms. The van der Waals surface area contributed by atoms with Gasteiger partial charge in [-0.2, -0.15) is 8.42 Å². The van der Waals surface area contributed by atoms with Crippen LogP contribution in [0, 0.1) is 5.82 Å². The van der Waals surface area contributed by atoms with Crippen LogP contribution in [0.4, 0.5) is 4.39 Å². The molecule has 0 aliphatic rings. The predicted molar refractivity (Wildman–Crippen MR) is 102 cm³/mol. The molecule has 2 aromatic carbocycles. The largest absolute Gasteiger partial charge is 0.379 e. The Morgan fingerprint density at radius 1 is 1.15 bits per heavy atom. The molecule has 0 heterocycles. The highest BCUT2D eigenvalue weighted by Gasteiger charge is 2.22. The third-order valence-electron chi connectivity index (χ3n) is 3.81. The smallest absolute Gasteiger partial charge is 0.339 e. The van der Waals surface area contributed by atoms with Crippen LogP contribution in [0.3, 0.4) is 0 Å². The van der Waals surface area contributed by atoms with Gasteiger partial charge >= 0.3 is 10.1 Å². The number of nitrogens with zero attached hydrogens (tertiary/aromatic N) is 1. The minimum Gasteiger partial charge on any atom is -0.379 e. The van der Waals surface area contributed by atoms with Gasteiger partial charge in [-0.15, -0.1) is 11.6 Å². The first kappa shape index (κ1) is 21.2. The number of hydrogen-bond acceptors (Lipinski definition) is 4. The molecule has 0 spiro atoms. The van der Waals surface area contributed by atoms with Gasteiger partial charge in [0.1, 0.15) is 21.8 Å². The van der Waals surface area contributed by atoms with Gasteiger partial charge in [-0.3, -0.25) is 4.79 Å². The van der Waals surface area contributed by atoms with Crippen LogP contribution >= 0.6 is 11.6 Å². The quantitative estimate of drug-likeness (QED) is 0.509. The van der Waals surface area contributed by atoms with Gasteiger partial charge in [-0.25, -0.2) is 4.39 Å². The van der Waals surface area contributed by atoms with Crippen LogP contribution in [0.2, 0.25) is 0 Å². The Balaban J connectivity index is 2.21. The van der Waals surface area contributed by atoms with E-state index < -0.39 is 21.3 Å². The van der Waals surface area contributed by atoms with Crippen LogP contribution in [-0.4, -0.2) is 30.6 Å². The Morgan fingerprint density at radius 2 is 1.78 bits per heavy atom. The Labute approximate surface area is 163 Å². The molecule has 0 aliphatic heterocycles. The fraction of sp³-hybridized carbons (Fsp3) is 0.316. The van der Waals surface area contributed by atoms with Gasteiger partial charge < -0.3 is 9.08 Å². The van der Waals surface area contributed by atoms with Gasteiger partial charge in [-0.1, -0.05) is 12.1 Å². The van der Waals surface area contributed by atoms with E-state index in [1.165, 1.54) is 6.07 Å². The topological polar surface area (TPSA) is 63.7 Å². The Morgan fingerprint density at radius 3 is 2.33 bits per heavy atom. The zero-order valence-electron chi connectivity index (χ0n) is 15.2. The number of rotatable bonds is 7. The van der Waals surface area contributed by atoms with Crippen LogP contribution in [0.5, 0.6) is 5.75 Å². The molecule has 0 bridgehead atoms. The second-order valence-corrected chi connectivity index (χ2v) is 8.52. The van der Waals surface area contributed by atoms with Gasteiger partial charge in [-0.05, 0) is 62.7 Å². The molecule has 2 aromatic rings. The Hall–Kier alpha value is -2.12. The van der Waals surface area contributed by atoms with Crippen LogP contribution in [0.1, 0.15) is 26.3 Å². The maximum Gasteiger partial charge on any atom is 0.339 e. The van der Waals surface area contributed by atoms with E-state index in [0.29, 0.717) is 5.56 Å². The van der Waals surface area contributed by atoms with Gasteiger partial charge in [0.05, 0.1) is 0 Å². The first-order valence-electron chi connectivity index (χ1n) is 8.33. The summed E-state index contributed by atoms with van der Waals surface area (Å²) in [5.74, 6) is -0.647. The lowest BCUT2D eigenvalue weighted by Gasteiger charge is -2.28. The number of benzene rings is 2. The van der Waals surface area contributed by atoms with Crippen molar-refractivity contribution in [2.24, 2.45) is 0 Å². The van der Waals surface area contributed by atoms with E-state index in [2.05, 4.69) is 0 Å². The van der Waals surface area contributed by atoms with Gasteiger partial charge in [0, 0.05) is 12.6 Å². The van der Waals surface area contributed by atoms with Gasteiger partial charge in [0.15, 0.2) is 0 Å². The van der Waals surface area contributed by atoms with Crippen molar-refractivity contribution >= 4 is 27.6 Å². The Bertz CT molecular complexity index is 898. The molecular weight excluding hydrogens is 393 g/mol. The summed E-state index contributed by atoms with van der Waals surface area (Å²) in [6.45, 7) is 5.61. The lowest BCUT2D eigenvalue weighted by molar-refractivity contribution is -0.132. The molecule has 0 saturated heterocycles. The summed E-state index contributed by atoms with van der Waals surface area (Å²) in [6.07, 6.45) is 0.